The fraction of sp³-hybridized carbons (Fsp3) is 0.0833. The van der Waals surface area contributed by atoms with Crippen molar-refractivity contribution in [2.75, 3.05) is 5.73 Å². The molecule has 0 fully saturated rings. The van der Waals surface area contributed by atoms with Gasteiger partial charge in [0.25, 0.3) is 0 Å². The molecule has 3 N–H and O–H groups in total. The fourth-order valence-electron chi connectivity index (χ4n) is 1.54. The van der Waals surface area contributed by atoms with E-state index in [2.05, 4.69) is 4.98 Å². The van der Waals surface area contributed by atoms with Crippen molar-refractivity contribution in [3.8, 4) is 11.1 Å². The van der Waals surface area contributed by atoms with Crippen LogP contribution in [0.2, 0.25) is 10.0 Å². The molecule has 1 aromatic carbocycles. The number of aliphatic hydroxyl groups excluding tert-OH is 1. The van der Waals surface area contributed by atoms with E-state index in [0.717, 1.165) is 11.1 Å². The zero-order chi connectivity index (χ0) is 12.4. The Balaban J connectivity index is 2.53. The molecule has 3 nitrogen and oxygen atoms in total. The summed E-state index contributed by atoms with van der Waals surface area (Å²) in [6.45, 7) is -0.140. The number of anilines is 1. The average Bonchev–Trinajstić information content (AvgIpc) is 2.30. The van der Waals surface area contributed by atoms with Crippen LogP contribution in [0.5, 0.6) is 0 Å². The summed E-state index contributed by atoms with van der Waals surface area (Å²) >= 11 is 11.9. The molecule has 0 aliphatic rings. The molecule has 0 atom stereocenters. The van der Waals surface area contributed by atoms with Gasteiger partial charge in [-0.15, -0.1) is 0 Å². The second-order valence-electron chi connectivity index (χ2n) is 3.52. The van der Waals surface area contributed by atoms with Crippen molar-refractivity contribution in [1.82, 2.24) is 4.98 Å². The molecule has 17 heavy (non-hydrogen) atoms. The van der Waals surface area contributed by atoms with E-state index >= 15 is 0 Å². The SMILES string of the molecule is Nc1nc(CO)ccc1-c1ccc(Cl)cc1Cl. The van der Waals surface area contributed by atoms with Crippen molar-refractivity contribution < 1.29 is 5.11 Å². The second-order valence-corrected chi connectivity index (χ2v) is 4.36. The van der Waals surface area contributed by atoms with Crippen LogP contribution in [0, 0.1) is 0 Å². The molecular weight excluding hydrogens is 259 g/mol. The summed E-state index contributed by atoms with van der Waals surface area (Å²) in [5, 5.41) is 10.0. The molecule has 0 aliphatic heterocycles. The molecule has 0 saturated carbocycles. The molecule has 0 aliphatic carbocycles. The van der Waals surface area contributed by atoms with E-state index in [1.807, 2.05) is 0 Å². The lowest BCUT2D eigenvalue weighted by Gasteiger charge is -2.08. The van der Waals surface area contributed by atoms with Gasteiger partial charge in [-0.05, 0) is 24.3 Å². The van der Waals surface area contributed by atoms with Crippen LogP contribution >= 0.6 is 23.2 Å². The smallest absolute Gasteiger partial charge is 0.131 e. The lowest BCUT2D eigenvalue weighted by atomic mass is 10.1. The number of halogens is 2. The van der Waals surface area contributed by atoms with Crippen LogP contribution in [-0.4, -0.2) is 10.1 Å². The van der Waals surface area contributed by atoms with Gasteiger partial charge in [0.2, 0.25) is 0 Å². The molecule has 0 bridgehead atoms. The van der Waals surface area contributed by atoms with Crippen molar-refractivity contribution >= 4 is 29.0 Å². The van der Waals surface area contributed by atoms with Crippen LogP contribution in [0.25, 0.3) is 11.1 Å². The Morgan fingerprint density at radius 2 is 1.82 bits per heavy atom. The molecule has 1 aromatic heterocycles. The maximum Gasteiger partial charge on any atom is 0.131 e. The number of hydrogen-bond acceptors (Lipinski definition) is 3. The Morgan fingerprint density at radius 3 is 2.41 bits per heavy atom. The Kier molecular flexibility index (Phi) is 3.52. The quantitative estimate of drug-likeness (QED) is 0.880. The molecule has 0 radical (unpaired) electrons. The Bertz CT molecular complexity index is 558. The zero-order valence-corrected chi connectivity index (χ0v) is 10.3. The first-order chi connectivity index (χ1) is 8.11. The molecule has 2 rings (SSSR count). The van der Waals surface area contributed by atoms with Crippen molar-refractivity contribution in [2.45, 2.75) is 6.61 Å². The third-order valence-corrected chi connectivity index (χ3v) is 2.91. The molecule has 1 heterocycles. The summed E-state index contributed by atoms with van der Waals surface area (Å²) in [4.78, 5) is 4.07. The number of rotatable bonds is 2. The predicted octanol–water partition coefficient (Wildman–Crippen LogP) is 3.13. The highest BCUT2D eigenvalue weighted by Crippen LogP contribution is 2.33. The first-order valence-corrected chi connectivity index (χ1v) is 5.69. The Morgan fingerprint density at radius 1 is 1.12 bits per heavy atom. The van der Waals surface area contributed by atoms with E-state index in [9.17, 15) is 0 Å². The summed E-state index contributed by atoms with van der Waals surface area (Å²) in [6, 6.07) is 8.66. The van der Waals surface area contributed by atoms with E-state index in [0.29, 0.717) is 21.6 Å². The third-order valence-electron chi connectivity index (χ3n) is 2.37. The standard InChI is InChI=1S/C12H10Cl2N2O/c13-7-1-3-9(11(14)5-7)10-4-2-8(6-17)16-12(10)15/h1-5,17H,6H2,(H2,15,16). The zero-order valence-electron chi connectivity index (χ0n) is 8.82. The van der Waals surface area contributed by atoms with Gasteiger partial charge in [0.1, 0.15) is 5.82 Å². The van der Waals surface area contributed by atoms with Crippen molar-refractivity contribution in [3.05, 3.63) is 46.1 Å². The highest BCUT2D eigenvalue weighted by atomic mass is 35.5. The molecule has 2 aromatic rings. The van der Waals surface area contributed by atoms with Gasteiger partial charge in [-0.2, -0.15) is 0 Å². The lowest BCUT2D eigenvalue weighted by molar-refractivity contribution is 0.277. The normalized spacial score (nSPS) is 10.5. The minimum atomic E-state index is -0.140. The van der Waals surface area contributed by atoms with Crippen molar-refractivity contribution in [2.24, 2.45) is 0 Å². The number of hydrogen-bond donors (Lipinski definition) is 2. The molecule has 88 valence electrons. The van der Waals surface area contributed by atoms with Crippen molar-refractivity contribution in [3.63, 3.8) is 0 Å². The summed E-state index contributed by atoms with van der Waals surface area (Å²) in [5.74, 6) is 0.334. The number of nitrogen functional groups attached to an aromatic ring is 1. The summed E-state index contributed by atoms with van der Waals surface area (Å²) in [7, 11) is 0. The van der Waals surface area contributed by atoms with Crippen LogP contribution in [0.15, 0.2) is 30.3 Å². The first-order valence-electron chi connectivity index (χ1n) is 4.93. The van der Waals surface area contributed by atoms with Crippen LogP contribution in [0.4, 0.5) is 5.82 Å². The highest BCUT2D eigenvalue weighted by Gasteiger charge is 2.09. The van der Waals surface area contributed by atoms with E-state index < -0.39 is 0 Å². The summed E-state index contributed by atoms with van der Waals surface area (Å²) in [6.07, 6.45) is 0. The molecule has 0 saturated heterocycles. The van der Waals surface area contributed by atoms with Gasteiger partial charge in [0, 0.05) is 16.1 Å². The van der Waals surface area contributed by atoms with E-state index in [1.165, 1.54) is 0 Å². The number of aliphatic hydroxyl groups is 1. The first kappa shape index (κ1) is 12.2. The molecule has 0 unspecified atom stereocenters. The maximum atomic E-state index is 8.95. The Hall–Kier alpha value is -1.29. The molecular formula is C12H10Cl2N2O. The average molecular weight is 269 g/mol. The number of pyridine rings is 1. The molecule has 0 amide bonds. The van der Waals surface area contributed by atoms with Crippen LogP contribution in [0.1, 0.15) is 5.69 Å². The highest BCUT2D eigenvalue weighted by molar-refractivity contribution is 6.36. The number of aromatic nitrogens is 1. The number of nitrogens with two attached hydrogens (primary N) is 1. The van der Waals surface area contributed by atoms with E-state index in [-0.39, 0.29) is 6.61 Å². The van der Waals surface area contributed by atoms with Gasteiger partial charge < -0.3 is 10.8 Å². The topological polar surface area (TPSA) is 59.1 Å². The van der Waals surface area contributed by atoms with E-state index in [1.54, 1.807) is 30.3 Å². The Labute approximate surface area is 109 Å². The van der Waals surface area contributed by atoms with E-state index in [4.69, 9.17) is 34.0 Å². The minimum Gasteiger partial charge on any atom is -0.390 e. The third kappa shape index (κ3) is 2.52. The van der Waals surface area contributed by atoms with Crippen LogP contribution in [-0.2, 0) is 6.61 Å². The van der Waals surface area contributed by atoms with Gasteiger partial charge >= 0.3 is 0 Å². The fourth-order valence-corrected chi connectivity index (χ4v) is 2.05. The number of nitrogens with zero attached hydrogens (tertiary/aromatic N) is 1. The van der Waals surface area contributed by atoms with Crippen molar-refractivity contribution in [1.29, 1.82) is 0 Å². The van der Waals surface area contributed by atoms with Gasteiger partial charge in [0.15, 0.2) is 0 Å². The van der Waals surface area contributed by atoms with Gasteiger partial charge in [-0.25, -0.2) is 4.98 Å². The van der Waals surface area contributed by atoms with Crippen LogP contribution < -0.4 is 5.73 Å². The largest absolute Gasteiger partial charge is 0.390 e. The van der Waals surface area contributed by atoms with Gasteiger partial charge in [-0.3, -0.25) is 0 Å². The monoisotopic (exact) mass is 268 g/mol. The van der Waals surface area contributed by atoms with Gasteiger partial charge in [-0.1, -0.05) is 29.3 Å². The molecule has 0 spiro atoms. The van der Waals surface area contributed by atoms with Gasteiger partial charge in [0.05, 0.1) is 17.3 Å². The molecule has 5 heteroatoms. The van der Waals surface area contributed by atoms with Crippen LogP contribution in [0.3, 0.4) is 0 Å². The number of benzene rings is 1. The minimum absolute atomic E-state index is 0.140. The predicted molar refractivity (Wildman–Crippen MR) is 70.0 cm³/mol. The maximum absolute atomic E-state index is 8.95. The second kappa shape index (κ2) is 4.92. The summed E-state index contributed by atoms with van der Waals surface area (Å²) < 4.78 is 0. The lowest BCUT2D eigenvalue weighted by Crippen LogP contribution is -1.98. The summed E-state index contributed by atoms with van der Waals surface area (Å²) in [5.41, 5.74) is 7.84.